The van der Waals surface area contributed by atoms with E-state index in [9.17, 15) is 4.79 Å². The SMILES string of the molecule is CCC(CC)NC(=O)C(C)OCC(C)(C)N. The first-order chi connectivity index (χ1) is 7.30. The maximum Gasteiger partial charge on any atom is 0.249 e. The molecule has 0 saturated carbocycles. The number of nitrogens with two attached hydrogens (primary N) is 1. The lowest BCUT2D eigenvalue weighted by molar-refractivity contribution is -0.133. The van der Waals surface area contributed by atoms with Crippen molar-refractivity contribution >= 4 is 5.91 Å². The Morgan fingerprint density at radius 3 is 2.25 bits per heavy atom. The van der Waals surface area contributed by atoms with E-state index in [1.54, 1.807) is 6.92 Å². The molecule has 0 bridgehead atoms. The number of ether oxygens (including phenoxy) is 1. The molecule has 1 atom stereocenters. The molecule has 16 heavy (non-hydrogen) atoms. The summed E-state index contributed by atoms with van der Waals surface area (Å²) in [5, 5.41) is 2.95. The van der Waals surface area contributed by atoms with Crippen LogP contribution < -0.4 is 11.1 Å². The molecule has 0 aromatic rings. The van der Waals surface area contributed by atoms with Crippen LogP contribution in [0.25, 0.3) is 0 Å². The molecular formula is C12H26N2O2. The predicted molar refractivity (Wildman–Crippen MR) is 66.2 cm³/mol. The van der Waals surface area contributed by atoms with Crippen molar-refractivity contribution in [3.05, 3.63) is 0 Å². The van der Waals surface area contributed by atoms with E-state index in [4.69, 9.17) is 10.5 Å². The summed E-state index contributed by atoms with van der Waals surface area (Å²) in [5.74, 6) is -0.0575. The van der Waals surface area contributed by atoms with Crippen molar-refractivity contribution < 1.29 is 9.53 Å². The highest BCUT2D eigenvalue weighted by atomic mass is 16.5. The highest BCUT2D eigenvalue weighted by Crippen LogP contribution is 2.03. The van der Waals surface area contributed by atoms with Crippen LogP contribution in [0.15, 0.2) is 0 Å². The Kier molecular flexibility index (Phi) is 6.60. The summed E-state index contributed by atoms with van der Waals surface area (Å²) < 4.78 is 5.42. The minimum absolute atomic E-state index is 0.0575. The Hall–Kier alpha value is -0.610. The molecule has 0 aromatic carbocycles. The van der Waals surface area contributed by atoms with Crippen LogP contribution in [0.1, 0.15) is 47.5 Å². The van der Waals surface area contributed by atoms with Crippen LogP contribution in [-0.4, -0.2) is 30.2 Å². The molecule has 0 saturated heterocycles. The van der Waals surface area contributed by atoms with Crippen LogP contribution in [0.2, 0.25) is 0 Å². The normalized spacial score (nSPS) is 13.9. The van der Waals surface area contributed by atoms with Crippen LogP contribution in [0.3, 0.4) is 0 Å². The van der Waals surface area contributed by atoms with Crippen LogP contribution in [-0.2, 0) is 9.53 Å². The maximum absolute atomic E-state index is 11.7. The third kappa shape index (κ3) is 6.80. The van der Waals surface area contributed by atoms with E-state index in [1.807, 2.05) is 13.8 Å². The molecule has 1 unspecified atom stereocenters. The van der Waals surface area contributed by atoms with Gasteiger partial charge in [-0.3, -0.25) is 4.79 Å². The summed E-state index contributed by atoms with van der Waals surface area (Å²) in [6.07, 6.45) is 1.44. The number of rotatable bonds is 7. The number of carbonyl (C=O) groups excluding carboxylic acids is 1. The average Bonchev–Trinajstić information content (AvgIpc) is 2.20. The highest BCUT2D eigenvalue weighted by Gasteiger charge is 2.19. The standard InChI is InChI=1S/C12H26N2O2/c1-6-10(7-2)14-11(15)9(3)16-8-12(4,5)13/h9-10H,6-8,13H2,1-5H3,(H,14,15). The smallest absolute Gasteiger partial charge is 0.249 e. The zero-order valence-electron chi connectivity index (χ0n) is 11.2. The lowest BCUT2D eigenvalue weighted by Crippen LogP contribution is -2.44. The van der Waals surface area contributed by atoms with Gasteiger partial charge in [0.15, 0.2) is 0 Å². The third-order valence-electron chi connectivity index (χ3n) is 2.41. The van der Waals surface area contributed by atoms with E-state index >= 15 is 0 Å². The Balaban J connectivity index is 3.99. The molecule has 0 fully saturated rings. The number of amides is 1. The molecule has 4 nitrogen and oxygen atoms in total. The predicted octanol–water partition coefficient (Wildman–Crippen LogP) is 1.43. The van der Waals surface area contributed by atoms with E-state index in [0.717, 1.165) is 12.8 Å². The summed E-state index contributed by atoms with van der Waals surface area (Å²) in [6.45, 7) is 10.00. The van der Waals surface area contributed by atoms with E-state index in [0.29, 0.717) is 6.61 Å². The van der Waals surface area contributed by atoms with E-state index in [2.05, 4.69) is 19.2 Å². The molecule has 0 heterocycles. The molecular weight excluding hydrogens is 204 g/mol. The first-order valence-corrected chi connectivity index (χ1v) is 6.01. The molecule has 3 N–H and O–H groups in total. The van der Waals surface area contributed by atoms with Gasteiger partial charge in [0.25, 0.3) is 0 Å². The van der Waals surface area contributed by atoms with Crippen LogP contribution in [0.5, 0.6) is 0 Å². The molecule has 4 heteroatoms. The number of carbonyl (C=O) groups is 1. The second-order valence-corrected chi connectivity index (χ2v) is 4.96. The molecule has 1 amide bonds. The van der Waals surface area contributed by atoms with Gasteiger partial charge in [0, 0.05) is 11.6 Å². The van der Waals surface area contributed by atoms with Gasteiger partial charge < -0.3 is 15.8 Å². The second-order valence-electron chi connectivity index (χ2n) is 4.96. The van der Waals surface area contributed by atoms with Crippen molar-refractivity contribution in [1.82, 2.24) is 5.32 Å². The molecule has 0 aliphatic heterocycles. The van der Waals surface area contributed by atoms with Crippen molar-refractivity contribution in [2.75, 3.05) is 6.61 Å². The van der Waals surface area contributed by atoms with Crippen LogP contribution in [0, 0.1) is 0 Å². The molecule has 0 aromatic heterocycles. The summed E-state index contributed by atoms with van der Waals surface area (Å²) in [4.78, 5) is 11.7. The topological polar surface area (TPSA) is 64.3 Å². The minimum atomic E-state index is -0.441. The number of hydrogen-bond donors (Lipinski definition) is 2. The molecule has 0 rings (SSSR count). The first kappa shape index (κ1) is 15.4. The van der Waals surface area contributed by atoms with Crippen LogP contribution >= 0.6 is 0 Å². The van der Waals surface area contributed by atoms with Gasteiger partial charge in [-0.1, -0.05) is 13.8 Å². The summed E-state index contributed by atoms with van der Waals surface area (Å²) >= 11 is 0. The summed E-state index contributed by atoms with van der Waals surface area (Å²) in [5.41, 5.74) is 5.38. The third-order valence-corrected chi connectivity index (χ3v) is 2.41. The first-order valence-electron chi connectivity index (χ1n) is 6.01. The van der Waals surface area contributed by atoms with Gasteiger partial charge in [0.05, 0.1) is 6.61 Å². The number of nitrogens with one attached hydrogen (secondary N) is 1. The molecule has 0 aliphatic rings. The maximum atomic E-state index is 11.7. The number of hydrogen-bond acceptors (Lipinski definition) is 3. The Bertz CT molecular complexity index is 208. The minimum Gasteiger partial charge on any atom is -0.367 e. The van der Waals surface area contributed by atoms with Crippen molar-refractivity contribution in [2.24, 2.45) is 5.73 Å². The fourth-order valence-electron chi connectivity index (χ4n) is 1.23. The zero-order chi connectivity index (χ0) is 12.8. The van der Waals surface area contributed by atoms with E-state index in [1.165, 1.54) is 0 Å². The van der Waals surface area contributed by atoms with Gasteiger partial charge in [-0.15, -0.1) is 0 Å². The van der Waals surface area contributed by atoms with Gasteiger partial charge >= 0.3 is 0 Å². The zero-order valence-corrected chi connectivity index (χ0v) is 11.2. The molecule has 0 spiro atoms. The van der Waals surface area contributed by atoms with Crippen molar-refractivity contribution in [3.63, 3.8) is 0 Å². The summed E-state index contributed by atoms with van der Waals surface area (Å²) in [6, 6.07) is 0.240. The van der Waals surface area contributed by atoms with Gasteiger partial charge in [0.1, 0.15) is 6.10 Å². The van der Waals surface area contributed by atoms with E-state index in [-0.39, 0.29) is 11.9 Å². The second kappa shape index (κ2) is 6.86. The lowest BCUT2D eigenvalue weighted by atomic mass is 10.1. The van der Waals surface area contributed by atoms with Crippen molar-refractivity contribution in [1.29, 1.82) is 0 Å². The highest BCUT2D eigenvalue weighted by molar-refractivity contribution is 5.80. The van der Waals surface area contributed by atoms with Gasteiger partial charge in [-0.25, -0.2) is 0 Å². The average molecular weight is 230 g/mol. The van der Waals surface area contributed by atoms with Gasteiger partial charge in [0.2, 0.25) is 5.91 Å². The van der Waals surface area contributed by atoms with Crippen molar-refractivity contribution in [2.45, 2.75) is 65.1 Å². The quantitative estimate of drug-likeness (QED) is 0.695. The fourth-order valence-corrected chi connectivity index (χ4v) is 1.23. The van der Waals surface area contributed by atoms with Crippen LogP contribution in [0.4, 0.5) is 0 Å². The Morgan fingerprint density at radius 2 is 1.88 bits per heavy atom. The van der Waals surface area contributed by atoms with Crippen molar-refractivity contribution in [3.8, 4) is 0 Å². The largest absolute Gasteiger partial charge is 0.367 e. The van der Waals surface area contributed by atoms with Gasteiger partial charge in [-0.2, -0.15) is 0 Å². The van der Waals surface area contributed by atoms with Gasteiger partial charge in [-0.05, 0) is 33.6 Å². The molecule has 0 aliphatic carbocycles. The Labute approximate surface area is 98.9 Å². The monoisotopic (exact) mass is 230 g/mol. The Morgan fingerprint density at radius 1 is 1.38 bits per heavy atom. The molecule has 96 valence electrons. The fraction of sp³-hybridized carbons (Fsp3) is 0.917. The summed E-state index contributed by atoms with van der Waals surface area (Å²) in [7, 11) is 0. The van der Waals surface area contributed by atoms with E-state index < -0.39 is 11.6 Å². The lowest BCUT2D eigenvalue weighted by Gasteiger charge is -2.23. The molecule has 0 radical (unpaired) electrons.